The first-order chi connectivity index (χ1) is 9.04. The molecule has 4 heteroatoms. The van der Waals surface area contributed by atoms with E-state index in [-0.39, 0.29) is 11.9 Å². The molecule has 0 aliphatic carbocycles. The molecule has 0 saturated heterocycles. The first kappa shape index (κ1) is 14.5. The van der Waals surface area contributed by atoms with Crippen molar-refractivity contribution in [2.45, 2.75) is 26.8 Å². The fourth-order valence-electron chi connectivity index (χ4n) is 2.16. The quantitative estimate of drug-likeness (QED) is 0.850. The first-order valence-electron chi connectivity index (χ1n) is 6.26. The van der Waals surface area contributed by atoms with Crippen LogP contribution >= 0.6 is 22.9 Å². The highest BCUT2D eigenvalue weighted by Gasteiger charge is 2.19. The summed E-state index contributed by atoms with van der Waals surface area (Å²) in [6.45, 7) is 6.73. The van der Waals surface area contributed by atoms with Crippen molar-refractivity contribution in [2.24, 2.45) is 0 Å². The van der Waals surface area contributed by atoms with Gasteiger partial charge in [-0.3, -0.25) is 0 Å². The molecule has 102 valence electrons. The third kappa shape index (κ3) is 2.99. The molecule has 2 rings (SSSR count). The second-order valence-electron chi connectivity index (χ2n) is 4.62. The molecule has 0 aliphatic rings. The van der Waals surface area contributed by atoms with Gasteiger partial charge in [0, 0.05) is 5.02 Å². The number of rotatable bonds is 4. The maximum Gasteiger partial charge on any atom is 0.127 e. The second kappa shape index (κ2) is 6.04. The average molecular weight is 298 g/mol. The lowest BCUT2D eigenvalue weighted by molar-refractivity contribution is 0.606. The van der Waals surface area contributed by atoms with Gasteiger partial charge in [-0.1, -0.05) is 18.5 Å². The van der Waals surface area contributed by atoms with E-state index in [1.165, 1.54) is 17.2 Å². The predicted molar refractivity (Wildman–Crippen MR) is 80.7 cm³/mol. The Morgan fingerprint density at radius 3 is 2.53 bits per heavy atom. The Bertz CT molecular complexity index is 580. The van der Waals surface area contributed by atoms with E-state index in [4.69, 9.17) is 11.6 Å². The van der Waals surface area contributed by atoms with E-state index in [1.54, 1.807) is 18.3 Å². The Hall–Kier alpha value is -0.900. The van der Waals surface area contributed by atoms with E-state index in [2.05, 4.69) is 29.9 Å². The Morgan fingerprint density at radius 1 is 1.21 bits per heavy atom. The van der Waals surface area contributed by atoms with Crippen LogP contribution in [-0.4, -0.2) is 6.54 Å². The van der Waals surface area contributed by atoms with Gasteiger partial charge in [0.25, 0.3) is 0 Å². The summed E-state index contributed by atoms with van der Waals surface area (Å²) in [5, 5.41) is 8.14. The minimum atomic E-state index is -0.258. The molecule has 0 spiro atoms. The summed E-state index contributed by atoms with van der Waals surface area (Å²) in [4.78, 5) is 0. The van der Waals surface area contributed by atoms with Crippen LogP contribution in [0, 0.1) is 19.7 Å². The molecular formula is C15H17ClFNS. The molecule has 1 aromatic carbocycles. The van der Waals surface area contributed by atoms with Crippen LogP contribution in [0.25, 0.3) is 0 Å². The van der Waals surface area contributed by atoms with E-state index in [0.29, 0.717) is 10.6 Å². The Balaban J connectivity index is 2.51. The Kier molecular flexibility index (Phi) is 4.61. The number of hydrogen-bond donors (Lipinski definition) is 1. The number of halogens is 2. The van der Waals surface area contributed by atoms with Crippen LogP contribution in [0.3, 0.4) is 0 Å². The molecule has 0 aliphatic heterocycles. The first-order valence-corrected chi connectivity index (χ1v) is 7.58. The van der Waals surface area contributed by atoms with Crippen LogP contribution in [0.5, 0.6) is 0 Å². The fraction of sp³-hybridized carbons (Fsp3) is 0.333. The van der Waals surface area contributed by atoms with Crippen molar-refractivity contribution in [2.75, 3.05) is 6.54 Å². The lowest BCUT2D eigenvalue weighted by Crippen LogP contribution is -2.22. The maximum atomic E-state index is 13.5. The predicted octanol–water partition coefficient (Wildman–Crippen LogP) is 4.86. The summed E-state index contributed by atoms with van der Waals surface area (Å²) in [6.07, 6.45) is 0. The van der Waals surface area contributed by atoms with E-state index >= 15 is 0 Å². The summed E-state index contributed by atoms with van der Waals surface area (Å²) < 4.78 is 13.5. The van der Waals surface area contributed by atoms with Gasteiger partial charge in [0.2, 0.25) is 0 Å². The number of thiophene rings is 1. The van der Waals surface area contributed by atoms with Crippen molar-refractivity contribution in [3.63, 3.8) is 0 Å². The van der Waals surface area contributed by atoms with Crippen LogP contribution < -0.4 is 5.32 Å². The van der Waals surface area contributed by atoms with Gasteiger partial charge >= 0.3 is 0 Å². The molecule has 1 aromatic heterocycles. The Morgan fingerprint density at radius 2 is 1.95 bits per heavy atom. The van der Waals surface area contributed by atoms with Crippen molar-refractivity contribution >= 4 is 22.9 Å². The van der Waals surface area contributed by atoms with Crippen molar-refractivity contribution < 1.29 is 4.39 Å². The van der Waals surface area contributed by atoms with Gasteiger partial charge in [-0.25, -0.2) is 4.39 Å². The van der Waals surface area contributed by atoms with E-state index in [9.17, 15) is 4.39 Å². The summed E-state index contributed by atoms with van der Waals surface area (Å²) in [6, 6.07) is 3.25. The molecule has 1 N–H and O–H groups in total. The second-order valence-corrected chi connectivity index (χ2v) is 5.77. The fourth-order valence-corrected chi connectivity index (χ4v) is 3.29. The molecule has 1 unspecified atom stereocenters. The zero-order chi connectivity index (χ0) is 14.0. The standard InChI is InChI=1S/C15H17ClFNS/c1-4-18-15(12-8-19-7-10(12)3)11-5-9(2)14(17)6-13(11)16/h5-8,15,18H,4H2,1-3H3. The zero-order valence-electron chi connectivity index (χ0n) is 11.3. The molecule has 0 saturated carbocycles. The molecule has 2 aromatic rings. The third-order valence-corrected chi connectivity index (χ3v) is 4.41. The minimum absolute atomic E-state index is 0.0167. The summed E-state index contributed by atoms with van der Waals surface area (Å²) in [7, 11) is 0. The van der Waals surface area contributed by atoms with E-state index in [0.717, 1.165) is 12.1 Å². The minimum Gasteiger partial charge on any atom is -0.306 e. The van der Waals surface area contributed by atoms with Crippen LogP contribution in [0.1, 0.15) is 35.2 Å². The number of hydrogen-bond acceptors (Lipinski definition) is 2. The molecular weight excluding hydrogens is 281 g/mol. The smallest absolute Gasteiger partial charge is 0.127 e. The van der Waals surface area contributed by atoms with E-state index in [1.807, 2.05) is 6.07 Å². The molecule has 1 nitrogen and oxygen atoms in total. The largest absolute Gasteiger partial charge is 0.306 e. The number of benzene rings is 1. The van der Waals surface area contributed by atoms with Crippen LogP contribution in [0.2, 0.25) is 5.02 Å². The van der Waals surface area contributed by atoms with Crippen molar-refractivity contribution in [3.8, 4) is 0 Å². The highest BCUT2D eigenvalue weighted by molar-refractivity contribution is 7.08. The summed E-state index contributed by atoms with van der Waals surface area (Å²) in [5.41, 5.74) is 3.99. The molecule has 1 heterocycles. The molecule has 0 bridgehead atoms. The molecule has 1 atom stereocenters. The zero-order valence-corrected chi connectivity index (χ0v) is 12.8. The van der Waals surface area contributed by atoms with Gasteiger partial charge in [-0.15, -0.1) is 0 Å². The topological polar surface area (TPSA) is 12.0 Å². The number of aryl methyl sites for hydroxylation is 2. The Labute approximate surface area is 122 Å². The highest BCUT2D eigenvalue weighted by Crippen LogP contribution is 2.33. The van der Waals surface area contributed by atoms with Gasteiger partial charge in [0.15, 0.2) is 0 Å². The lowest BCUT2D eigenvalue weighted by atomic mass is 9.96. The average Bonchev–Trinajstić information content (AvgIpc) is 2.77. The molecule has 0 radical (unpaired) electrons. The van der Waals surface area contributed by atoms with Gasteiger partial charge in [0.1, 0.15) is 5.82 Å². The van der Waals surface area contributed by atoms with Crippen molar-refractivity contribution in [3.05, 3.63) is 56.0 Å². The van der Waals surface area contributed by atoms with Crippen LogP contribution in [0.15, 0.2) is 22.9 Å². The van der Waals surface area contributed by atoms with Crippen LogP contribution in [0.4, 0.5) is 4.39 Å². The summed E-state index contributed by atoms with van der Waals surface area (Å²) in [5.74, 6) is -0.258. The maximum absolute atomic E-state index is 13.5. The van der Waals surface area contributed by atoms with Gasteiger partial charge in [0.05, 0.1) is 6.04 Å². The molecule has 0 fully saturated rings. The normalized spacial score (nSPS) is 12.7. The van der Waals surface area contributed by atoms with Gasteiger partial charge in [-0.05, 0) is 65.5 Å². The third-order valence-electron chi connectivity index (χ3n) is 3.20. The van der Waals surface area contributed by atoms with Gasteiger partial charge < -0.3 is 5.32 Å². The SMILES string of the molecule is CCNC(c1cscc1C)c1cc(C)c(F)cc1Cl. The van der Waals surface area contributed by atoms with Crippen molar-refractivity contribution in [1.82, 2.24) is 5.32 Å². The summed E-state index contributed by atoms with van der Waals surface area (Å²) >= 11 is 7.90. The highest BCUT2D eigenvalue weighted by atomic mass is 35.5. The molecule has 19 heavy (non-hydrogen) atoms. The van der Waals surface area contributed by atoms with E-state index < -0.39 is 0 Å². The monoisotopic (exact) mass is 297 g/mol. The number of nitrogens with one attached hydrogen (secondary N) is 1. The van der Waals surface area contributed by atoms with Crippen molar-refractivity contribution in [1.29, 1.82) is 0 Å². The van der Waals surface area contributed by atoms with Crippen LogP contribution in [-0.2, 0) is 0 Å². The lowest BCUT2D eigenvalue weighted by Gasteiger charge is -2.20. The molecule has 0 amide bonds. The van der Waals surface area contributed by atoms with Gasteiger partial charge in [-0.2, -0.15) is 11.3 Å².